The summed E-state index contributed by atoms with van der Waals surface area (Å²) in [6.45, 7) is 0. The number of aromatic nitrogens is 1. The molecule has 19 heavy (non-hydrogen) atoms. The lowest BCUT2D eigenvalue weighted by Crippen LogP contribution is -2.04. The molecule has 96 valence electrons. The molecule has 0 bridgehead atoms. The van der Waals surface area contributed by atoms with Crippen LogP contribution in [0.3, 0.4) is 0 Å². The Morgan fingerprint density at radius 2 is 2.00 bits per heavy atom. The quantitative estimate of drug-likeness (QED) is 0.645. The summed E-state index contributed by atoms with van der Waals surface area (Å²) in [5, 5.41) is 22.5. The van der Waals surface area contributed by atoms with Crippen LogP contribution in [-0.2, 0) is 0 Å². The molecule has 0 saturated heterocycles. The molecule has 0 spiro atoms. The molecule has 0 unspecified atom stereocenters. The van der Waals surface area contributed by atoms with E-state index in [0.29, 0.717) is 0 Å². The highest BCUT2D eigenvalue weighted by Crippen LogP contribution is 2.26. The summed E-state index contributed by atoms with van der Waals surface area (Å²) in [5.74, 6) is -1.12. The average molecular weight is 259 g/mol. The second-order valence-corrected chi connectivity index (χ2v) is 3.60. The Kier molecular flexibility index (Phi) is 3.37. The number of nitro groups is 1. The van der Waals surface area contributed by atoms with E-state index in [-0.39, 0.29) is 22.8 Å². The van der Waals surface area contributed by atoms with Crippen molar-refractivity contribution in [2.24, 2.45) is 0 Å². The van der Waals surface area contributed by atoms with Gasteiger partial charge >= 0.3 is 11.7 Å². The summed E-state index contributed by atoms with van der Waals surface area (Å²) in [7, 11) is 0. The van der Waals surface area contributed by atoms with Crippen LogP contribution in [0.1, 0.15) is 10.4 Å². The summed E-state index contributed by atoms with van der Waals surface area (Å²) in [5.41, 5.74) is 0.0435. The Morgan fingerprint density at radius 3 is 2.68 bits per heavy atom. The first-order chi connectivity index (χ1) is 9.09. The van der Waals surface area contributed by atoms with Gasteiger partial charge in [-0.3, -0.25) is 10.1 Å². The minimum Gasteiger partial charge on any atom is -0.478 e. The SMILES string of the molecule is O=C(O)c1ccccc1Nc1ncccc1[N+](=O)[O-]. The standard InChI is InChI=1S/C12H9N3O4/c16-12(17)8-4-1-2-5-9(8)14-11-10(15(18)19)6-3-7-13-11/h1-7H,(H,13,14)(H,16,17). The molecule has 0 saturated carbocycles. The van der Waals surface area contributed by atoms with Crippen molar-refractivity contribution in [1.82, 2.24) is 4.98 Å². The molecule has 1 heterocycles. The molecular formula is C12H9N3O4. The van der Waals surface area contributed by atoms with Crippen molar-refractivity contribution in [3.8, 4) is 0 Å². The van der Waals surface area contributed by atoms with Crippen LogP contribution in [0.25, 0.3) is 0 Å². The van der Waals surface area contributed by atoms with E-state index in [1.54, 1.807) is 12.1 Å². The number of aromatic carboxylic acids is 1. The van der Waals surface area contributed by atoms with Crippen LogP contribution in [-0.4, -0.2) is 21.0 Å². The third kappa shape index (κ3) is 2.65. The first-order valence-electron chi connectivity index (χ1n) is 5.28. The minimum atomic E-state index is -1.12. The van der Waals surface area contributed by atoms with Gasteiger partial charge in [0.15, 0.2) is 0 Å². The number of carboxylic acids is 1. The van der Waals surface area contributed by atoms with Gasteiger partial charge in [-0.05, 0) is 18.2 Å². The fraction of sp³-hybridized carbons (Fsp3) is 0. The molecule has 7 nitrogen and oxygen atoms in total. The lowest BCUT2D eigenvalue weighted by molar-refractivity contribution is -0.384. The number of hydrogen-bond donors (Lipinski definition) is 2. The predicted octanol–water partition coefficient (Wildman–Crippen LogP) is 2.43. The van der Waals surface area contributed by atoms with Gasteiger partial charge in [-0.1, -0.05) is 12.1 Å². The van der Waals surface area contributed by atoms with Gasteiger partial charge in [0.2, 0.25) is 5.82 Å². The van der Waals surface area contributed by atoms with E-state index in [0.717, 1.165) is 0 Å². The van der Waals surface area contributed by atoms with Crippen LogP contribution in [0.5, 0.6) is 0 Å². The van der Waals surface area contributed by atoms with Crippen LogP contribution in [0.15, 0.2) is 42.6 Å². The van der Waals surface area contributed by atoms with E-state index >= 15 is 0 Å². The fourth-order valence-electron chi connectivity index (χ4n) is 1.55. The van der Waals surface area contributed by atoms with Gasteiger partial charge in [0.1, 0.15) is 0 Å². The highest BCUT2D eigenvalue weighted by atomic mass is 16.6. The van der Waals surface area contributed by atoms with Crippen LogP contribution in [0.2, 0.25) is 0 Å². The van der Waals surface area contributed by atoms with Crippen molar-refractivity contribution in [2.75, 3.05) is 5.32 Å². The fourth-order valence-corrected chi connectivity index (χ4v) is 1.55. The molecule has 7 heteroatoms. The summed E-state index contributed by atoms with van der Waals surface area (Å²) in [4.78, 5) is 25.1. The molecule has 2 aromatic rings. The van der Waals surface area contributed by atoms with Gasteiger partial charge in [-0.15, -0.1) is 0 Å². The zero-order chi connectivity index (χ0) is 13.8. The van der Waals surface area contributed by atoms with Crippen molar-refractivity contribution in [3.05, 3.63) is 58.3 Å². The van der Waals surface area contributed by atoms with Crippen molar-refractivity contribution >= 4 is 23.2 Å². The smallest absolute Gasteiger partial charge is 0.337 e. The van der Waals surface area contributed by atoms with E-state index in [9.17, 15) is 14.9 Å². The Balaban J connectivity index is 2.42. The van der Waals surface area contributed by atoms with Gasteiger partial charge in [0, 0.05) is 12.3 Å². The van der Waals surface area contributed by atoms with Crippen molar-refractivity contribution in [3.63, 3.8) is 0 Å². The first kappa shape index (κ1) is 12.5. The van der Waals surface area contributed by atoms with Gasteiger partial charge in [0.25, 0.3) is 0 Å². The number of carboxylic acid groups (broad SMARTS) is 1. The van der Waals surface area contributed by atoms with Crippen molar-refractivity contribution in [2.45, 2.75) is 0 Å². The van der Waals surface area contributed by atoms with E-state index in [2.05, 4.69) is 10.3 Å². The van der Waals surface area contributed by atoms with Crippen LogP contribution in [0, 0.1) is 10.1 Å². The Labute approximate surface area is 107 Å². The summed E-state index contributed by atoms with van der Waals surface area (Å²) in [6.07, 6.45) is 1.39. The predicted molar refractivity (Wildman–Crippen MR) is 67.6 cm³/mol. The number of nitrogens with zero attached hydrogens (tertiary/aromatic N) is 2. The maximum atomic E-state index is 11.0. The molecule has 0 amide bonds. The van der Waals surface area contributed by atoms with E-state index in [1.807, 2.05) is 0 Å². The number of anilines is 2. The molecule has 0 aliphatic heterocycles. The topological polar surface area (TPSA) is 105 Å². The van der Waals surface area contributed by atoms with Crippen molar-refractivity contribution < 1.29 is 14.8 Å². The molecule has 1 aromatic heterocycles. The second-order valence-electron chi connectivity index (χ2n) is 3.60. The Morgan fingerprint density at radius 1 is 1.26 bits per heavy atom. The number of rotatable bonds is 4. The van der Waals surface area contributed by atoms with Crippen LogP contribution in [0.4, 0.5) is 17.2 Å². The maximum absolute atomic E-state index is 11.0. The maximum Gasteiger partial charge on any atom is 0.337 e. The van der Waals surface area contributed by atoms with Gasteiger partial charge in [-0.25, -0.2) is 9.78 Å². The van der Waals surface area contributed by atoms with Gasteiger partial charge < -0.3 is 10.4 Å². The largest absolute Gasteiger partial charge is 0.478 e. The third-order valence-corrected chi connectivity index (χ3v) is 2.39. The number of hydrogen-bond acceptors (Lipinski definition) is 5. The number of benzene rings is 1. The van der Waals surface area contributed by atoms with Crippen LogP contribution < -0.4 is 5.32 Å². The number of carbonyl (C=O) groups is 1. The highest BCUT2D eigenvalue weighted by molar-refractivity contribution is 5.95. The van der Waals surface area contributed by atoms with E-state index < -0.39 is 10.9 Å². The molecular weight excluding hydrogens is 250 g/mol. The monoisotopic (exact) mass is 259 g/mol. The average Bonchev–Trinajstić information content (AvgIpc) is 2.39. The van der Waals surface area contributed by atoms with E-state index in [1.165, 1.54) is 30.5 Å². The highest BCUT2D eigenvalue weighted by Gasteiger charge is 2.16. The summed E-state index contributed by atoms with van der Waals surface area (Å²) < 4.78 is 0. The molecule has 1 aromatic carbocycles. The lowest BCUT2D eigenvalue weighted by atomic mass is 10.2. The van der Waals surface area contributed by atoms with E-state index in [4.69, 9.17) is 5.11 Å². The Bertz CT molecular complexity index is 587. The molecule has 0 aliphatic carbocycles. The van der Waals surface area contributed by atoms with Gasteiger partial charge in [-0.2, -0.15) is 0 Å². The zero-order valence-corrected chi connectivity index (χ0v) is 9.61. The molecule has 0 fully saturated rings. The zero-order valence-electron chi connectivity index (χ0n) is 9.61. The molecule has 0 radical (unpaired) electrons. The molecule has 0 aliphatic rings. The lowest BCUT2D eigenvalue weighted by Gasteiger charge is -2.08. The number of para-hydroxylation sites is 1. The Hall–Kier alpha value is -2.96. The molecule has 2 N–H and O–H groups in total. The van der Waals surface area contributed by atoms with Gasteiger partial charge in [0.05, 0.1) is 16.2 Å². The number of pyridine rings is 1. The summed E-state index contributed by atoms with van der Waals surface area (Å²) >= 11 is 0. The normalized spacial score (nSPS) is 9.89. The summed E-state index contributed by atoms with van der Waals surface area (Å²) in [6, 6.07) is 8.84. The molecule has 0 atom stereocenters. The number of nitrogens with one attached hydrogen (secondary N) is 1. The van der Waals surface area contributed by atoms with Crippen LogP contribution >= 0.6 is 0 Å². The second kappa shape index (κ2) is 5.13. The minimum absolute atomic E-state index is 0.00111. The first-order valence-corrected chi connectivity index (χ1v) is 5.28. The molecule has 2 rings (SSSR count). The van der Waals surface area contributed by atoms with Crippen molar-refractivity contribution in [1.29, 1.82) is 0 Å². The third-order valence-electron chi connectivity index (χ3n) is 2.39.